The Labute approximate surface area is 90.1 Å². The third-order valence-electron chi connectivity index (χ3n) is 2.69. The minimum atomic E-state index is -0.0235. The Balaban J connectivity index is 1.89. The zero-order valence-electron chi connectivity index (χ0n) is 9.16. The molecule has 0 N–H and O–H groups in total. The fourth-order valence-corrected chi connectivity index (χ4v) is 2.51. The molecule has 3 nitrogen and oxygen atoms in total. The molecule has 1 atom stereocenters. The zero-order chi connectivity index (χ0) is 10.2. The Morgan fingerprint density at radius 1 is 1.43 bits per heavy atom. The average molecular weight is 217 g/mol. The third kappa shape index (κ3) is 2.24. The molecule has 82 valence electrons. The summed E-state index contributed by atoms with van der Waals surface area (Å²) >= 11 is 1.94. The molecule has 14 heavy (non-hydrogen) atoms. The van der Waals surface area contributed by atoms with Gasteiger partial charge in [-0.15, -0.1) is 0 Å². The predicted octanol–water partition coefficient (Wildman–Crippen LogP) is 1.39. The highest BCUT2D eigenvalue weighted by Gasteiger charge is 2.39. The van der Waals surface area contributed by atoms with Gasteiger partial charge in [0.15, 0.2) is 6.29 Å². The van der Waals surface area contributed by atoms with Crippen LogP contribution in [0.5, 0.6) is 0 Å². The molecule has 0 aromatic carbocycles. The summed E-state index contributed by atoms with van der Waals surface area (Å²) < 4.78 is 11.6. The van der Waals surface area contributed by atoms with Gasteiger partial charge in [0.2, 0.25) is 0 Å². The van der Waals surface area contributed by atoms with Crippen LogP contribution in [-0.2, 0) is 9.47 Å². The maximum absolute atomic E-state index is 5.92. The first-order valence-electron chi connectivity index (χ1n) is 5.11. The van der Waals surface area contributed by atoms with Gasteiger partial charge in [-0.3, -0.25) is 4.90 Å². The van der Waals surface area contributed by atoms with E-state index in [1.54, 1.807) is 0 Å². The first kappa shape index (κ1) is 10.7. The van der Waals surface area contributed by atoms with Crippen molar-refractivity contribution in [2.75, 3.05) is 31.8 Å². The summed E-state index contributed by atoms with van der Waals surface area (Å²) in [5, 5.41) is 0. The summed E-state index contributed by atoms with van der Waals surface area (Å²) in [5.41, 5.74) is 0.104. The summed E-state index contributed by atoms with van der Waals surface area (Å²) in [5.74, 6) is 2.26. The van der Waals surface area contributed by atoms with E-state index in [0.29, 0.717) is 12.8 Å². The average Bonchev–Trinajstić information content (AvgIpc) is 1.97. The lowest BCUT2D eigenvalue weighted by Gasteiger charge is -2.44. The van der Waals surface area contributed by atoms with E-state index in [9.17, 15) is 0 Å². The van der Waals surface area contributed by atoms with Crippen LogP contribution in [-0.4, -0.2) is 49.1 Å². The van der Waals surface area contributed by atoms with Crippen molar-refractivity contribution in [2.24, 2.45) is 5.41 Å². The first-order chi connectivity index (χ1) is 6.58. The van der Waals surface area contributed by atoms with Gasteiger partial charge >= 0.3 is 0 Å². The molecule has 0 aromatic rings. The van der Waals surface area contributed by atoms with Crippen molar-refractivity contribution in [1.29, 1.82) is 0 Å². The summed E-state index contributed by atoms with van der Waals surface area (Å²) in [6, 6.07) is 0. The highest BCUT2D eigenvalue weighted by Crippen LogP contribution is 2.32. The Morgan fingerprint density at radius 3 is 2.64 bits per heavy atom. The van der Waals surface area contributed by atoms with Crippen LogP contribution in [0.4, 0.5) is 0 Å². The smallest absolute Gasteiger partial charge is 0.166 e. The van der Waals surface area contributed by atoms with Crippen LogP contribution in [0.25, 0.3) is 0 Å². The SMILES string of the molecule is CN1COC(OC2CSC2)C(C)(C)C1. The molecule has 2 saturated heterocycles. The van der Waals surface area contributed by atoms with E-state index in [-0.39, 0.29) is 11.7 Å². The number of ether oxygens (including phenoxy) is 2. The van der Waals surface area contributed by atoms with Gasteiger partial charge in [-0.1, -0.05) is 13.8 Å². The third-order valence-corrected chi connectivity index (χ3v) is 3.90. The van der Waals surface area contributed by atoms with E-state index in [1.165, 1.54) is 0 Å². The minimum Gasteiger partial charge on any atom is -0.347 e. The fourth-order valence-electron chi connectivity index (χ4n) is 1.93. The minimum absolute atomic E-state index is 0.0235. The van der Waals surface area contributed by atoms with Crippen LogP contribution < -0.4 is 0 Å². The maximum Gasteiger partial charge on any atom is 0.166 e. The van der Waals surface area contributed by atoms with Gasteiger partial charge in [0.1, 0.15) is 6.73 Å². The van der Waals surface area contributed by atoms with E-state index in [4.69, 9.17) is 9.47 Å². The van der Waals surface area contributed by atoms with Crippen molar-refractivity contribution in [3.05, 3.63) is 0 Å². The van der Waals surface area contributed by atoms with Gasteiger partial charge in [0, 0.05) is 23.5 Å². The van der Waals surface area contributed by atoms with Crippen LogP contribution in [0.2, 0.25) is 0 Å². The molecule has 0 amide bonds. The number of hydrogen-bond acceptors (Lipinski definition) is 4. The van der Waals surface area contributed by atoms with Crippen molar-refractivity contribution >= 4 is 11.8 Å². The summed E-state index contributed by atoms with van der Waals surface area (Å²) in [4.78, 5) is 2.19. The van der Waals surface area contributed by atoms with E-state index in [0.717, 1.165) is 18.1 Å². The molecule has 2 heterocycles. The fraction of sp³-hybridized carbons (Fsp3) is 1.00. The number of hydrogen-bond donors (Lipinski definition) is 0. The molecule has 0 bridgehead atoms. The number of rotatable bonds is 2. The molecule has 0 aliphatic carbocycles. The van der Waals surface area contributed by atoms with Crippen molar-refractivity contribution in [1.82, 2.24) is 4.90 Å². The lowest BCUT2D eigenvalue weighted by atomic mass is 9.91. The Bertz CT molecular complexity index is 206. The molecule has 4 heteroatoms. The predicted molar refractivity (Wildman–Crippen MR) is 58.3 cm³/mol. The highest BCUT2D eigenvalue weighted by atomic mass is 32.2. The Morgan fingerprint density at radius 2 is 2.14 bits per heavy atom. The molecule has 2 aliphatic heterocycles. The van der Waals surface area contributed by atoms with Gasteiger partial charge < -0.3 is 9.47 Å². The van der Waals surface area contributed by atoms with Gasteiger partial charge in [-0.05, 0) is 7.05 Å². The second-order valence-electron chi connectivity index (χ2n) is 4.93. The standard InChI is InChI=1S/C10H19NO2S/c1-10(2)6-11(3)7-12-9(10)13-8-4-14-5-8/h8-9H,4-7H2,1-3H3. The van der Waals surface area contributed by atoms with Gasteiger partial charge in [-0.2, -0.15) is 11.8 Å². The van der Waals surface area contributed by atoms with E-state index < -0.39 is 0 Å². The van der Waals surface area contributed by atoms with Gasteiger partial charge in [0.25, 0.3) is 0 Å². The van der Waals surface area contributed by atoms with Crippen LogP contribution in [0.3, 0.4) is 0 Å². The van der Waals surface area contributed by atoms with Crippen LogP contribution in [0, 0.1) is 5.41 Å². The summed E-state index contributed by atoms with van der Waals surface area (Å²) in [6.07, 6.45) is 0.400. The summed E-state index contributed by atoms with van der Waals surface area (Å²) in [6.45, 7) is 6.14. The topological polar surface area (TPSA) is 21.7 Å². The molecule has 0 radical (unpaired) electrons. The van der Waals surface area contributed by atoms with E-state index >= 15 is 0 Å². The van der Waals surface area contributed by atoms with Crippen molar-refractivity contribution in [3.63, 3.8) is 0 Å². The van der Waals surface area contributed by atoms with Gasteiger partial charge in [0.05, 0.1) is 6.10 Å². The molecule has 0 aromatic heterocycles. The molecule has 2 aliphatic rings. The first-order valence-corrected chi connectivity index (χ1v) is 6.27. The number of nitrogens with zero attached hydrogens (tertiary/aromatic N) is 1. The lowest BCUT2D eigenvalue weighted by molar-refractivity contribution is -0.262. The zero-order valence-corrected chi connectivity index (χ0v) is 9.97. The van der Waals surface area contributed by atoms with E-state index in [2.05, 4.69) is 25.8 Å². The van der Waals surface area contributed by atoms with Crippen molar-refractivity contribution in [3.8, 4) is 0 Å². The molecule has 2 rings (SSSR count). The second kappa shape index (κ2) is 4.00. The largest absolute Gasteiger partial charge is 0.347 e. The van der Waals surface area contributed by atoms with Crippen molar-refractivity contribution < 1.29 is 9.47 Å². The van der Waals surface area contributed by atoms with Crippen LogP contribution in [0.1, 0.15) is 13.8 Å². The van der Waals surface area contributed by atoms with Crippen molar-refractivity contribution in [2.45, 2.75) is 26.2 Å². The normalized spacial score (nSPS) is 34.1. The molecule has 0 saturated carbocycles. The molecular formula is C10H19NO2S. The molecule has 0 spiro atoms. The summed E-state index contributed by atoms with van der Waals surface area (Å²) in [7, 11) is 2.08. The van der Waals surface area contributed by atoms with E-state index in [1.807, 2.05) is 11.8 Å². The Kier molecular flexibility index (Phi) is 3.07. The monoisotopic (exact) mass is 217 g/mol. The maximum atomic E-state index is 5.92. The number of thioether (sulfide) groups is 1. The lowest BCUT2D eigenvalue weighted by Crippen LogP contribution is -2.52. The second-order valence-corrected chi connectivity index (χ2v) is 6.00. The molecule has 1 unspecified atom stereocenters. The van der Waals surface area contributed by atoms with Gasteiger partial charge in [-0.25, -0.2) is 0 Å². The highest BCUT2D eigenvalue weighted by molar-refractivity contribution is 8.00. The Hall–Kier alpha value is 0.230. The molecular weight excluding hydrogens is 198 g/mol. The molecule has 2 fully saturated rings. The van der Waals surface area contributed by atoms with Crippen LogP contribution >= 0.6 is 11.8 Å². The quantitative estimate of drug-likeness (QED) is 0.697. The van der Waals surface area contributed by atoms with Crippen LogP contribution in [0.15, 0.2) is 0 Å².